The van der Waals surface area contributed by atoms with E-state index < -0.39 is 0 Å². The topological polar surface area (TPSA) is 72.7 Å². The molecule has 2 rings (SSSR count). The molecule has 118 valence electrons. The zero-order chi connectivity index (χ0) is 15.9. The summed E-state index contributed by atoms with van der Waals surface area (Å²) < 4.78 is 1.74. The van der Waals surface area contributed by atoms with Gasteiger partial charge in [-0.2, -0.15) is 0 Å². The van der Waals surface area contributed by atoms with E-state index in [1.54, 1.807) is 4.68 Å². The molecule has 2 aromatic rings. The molecular weight excluding hydrogens is 298 g/mol. The molecule has 0 fully saturated rings. The van der Waals surface area contributed by atoms with Gasteiger partial charge in [-0.1, -0.05) is 49.9 Å². The quantitative estimate of drug-likeness (QED) is 0.791. The number of nitrogens with zero attached hydrogens (tertiary/aromatic N) is 4. The molecule has 0 saturated carbocycles. The van der Waals surface area contributed by atoms with E-state index in [1.165, 1.54) is 17.3 Å². The Morgan fingerprint density at radius 3 is 2.86 bits per heavy atom. The fourth-order valence-corrected chi connectivity index (χ4v) is 2.66. The summed E-state index contributed by atoms with van der Waals surface area (Å²) in [6, 6.07) is 8.02. The molecule has 0 aliphatic carbocycles. The van der Waals surface area contributed by atoms with Crippen LogP contribution >= 0.6 is 11.8 Å². The number of hydrogen-bond donors (Lipinski definition) is 1. The fraction of sp³-hybridized carbons (Fsp3) is 0.467. The van der Waals surface area contributed by atoms with Crippen molar-refractivity contribution < 1.29 is 4.79 Å². The van der Waals surface area contributed by atoms with Crippen LogP contribution in [-0.2, 0) is 17.9 Å². The summed E-state index contributed by atoms with van der Waals surface area (Å²) in [5.41, 5.74) is 2.31. The second kappa shape index (κ2) is 7.93. The SMILES string of the molecule is Cc1ccccc1CNC(=O)CSc1nnnn1CC(C)C. The zero-order valence-corrected chi connectivity index (χ0v) is 13.9. The Labute approximate surface area is 134 Å². The minimum absolute atomic E-state index is 0.0210. The predicted molar refractivity (Wildman–Crippen MR) is 86.4 cm³/mol. The van der Waals surface area contributed by atoms with Gasteiger partial charge in [-0.05, 0) is 34.4 Å². The number of nitrogens with one attached hydrogen (secondary N) is 1. The van der Waals surface area contributed by atoms with Crippen LogP contribution in [0.4, 0.5) is 0 Å². The first kappa shape index (κ1) is 16.5. The van der Waals surface area contributed by atoms with Gasteiger partial charge in [-0.3, -0.25) is 4.79 Å². The summed E-state index contributed by atoms with van der Waals surface area (Å²) in [5.74, 6) is 0.745. The molecule has 22 heavy (non-hydrogen) atoms. The van der Waals surface area contributed by atoms with Crippen molar-refractivity contribution in [2.24, 2.45) is 5.92 Å². The van der Waals surface area contributed by atoms with Gasteiger partial charge in [0.15, 0.2) is 0 Å². The van der Waals surface area contributed by atoms with Crippen molar-refractivity contribution in [2.75, 3.05) is 5.75 Å². The molecule has 6 nitrogen and oxygen atoms in total. The third-order valence-electron chi connectivity index (χ3n) is 3.11. The Morgan fingerprint density at radius 1 is 1.36 bits per heavy atom. The van der Waals surface area contributed by atoms with Crippen molar-refractivity contribution in [3.8, 4) is 0 Å². The summed E-state index contributed by atoms with van der Waals surface area (Å²) in [4.78, 5) is 11.9. The minimum atomic E-state index is -0.0210. The summed E-state index contributed by atoms with van der Waals surface area (Å²) in [7, 11) is 0. The maximum atomic E-state index is 11.9. The number of thioether (sulfide) groups is 1. The molecule has 1 aromatic heterocycles. The van der Waals surface area contributed by atoms with Crippen LogP contribution in [0.3, 0.4) is 0 Å². The first-order valence-electron chi connectivity index (χ1n) is 7.26. The van der Waals surface area contributed by atoms with Crippen LogP contribution in [0.2, 0.25) is 0 Å². The predicted octanol–water partition coefficient (Wildman–Crippen LogP) is 2.05. The monoisotopic (exact) mass is 319 g/mol. The number of aryl methyl sites for hydroxylation is 1. The van der Waals surface area contributed by atoms with Crippen LogP contribution < -0.4 is 5.32 Å². The van der Waals surface area contributed by atoms with Crippen molar-refractivity contribution in [1.29, 1.82) is 0 Å². The van der Waals surface area contributed by atoms with E-state index in [2.05, 4.69) is 34.7 Å². The minimum Gasteiger partial charge on any atom is -0.351 e. The molecule has 1 heterocycles. The van der Waals surface area contributed by atoms with Crippen LogP contribution in [0.1, 0.15) is 25.0 Å². The summed E-state index contributed by atoms with van der Waals surface area (Å²) >= 11 is 1.36. The third-order valence-corrected chi connectivity index (χ3v) is 4.06. The Balaban J connectivity index is 1.81. The van der Waals surface area contributed by atoms with E-state index in [0.29, 0.717) is 23.4 Å². The number of rotatable bonds is 7. The first-order valence-corrected chi connectivity index (χ1v) is 8.25. The maximum absolute atomic E-state index is 11.9. The van der Waals surface area contributed by atoms with E-state index in [-0.39, 0.29) is 5.91 Å². The number of hydrogen-bond acceptors (Lipinski definition) is 5. The van der Waals surface area contributed by atoms with Crippen LogP contribution in [0.15, 0.2) is 29.4 Å². The average molecular weight is 319 g/mol. The number of aromatic nitrogens is 4. The number of carbonyl (C=O) groups is 1. The van der Waals surface area contributed by atoms with Gasteiger partial charge in [0, 0.05) is 13.1 Å². The Kier molecular flexibility index (Phi) is 5.94. The van der Waals surface area contributed by atoms with Crippen molar-refractivity contribution in [1.82, 2.24) is 25.5 Å². The highest BCUT2D eigenvalue weighted by molar-refractivity contribution is 7.99. The highest BCUT2D eigenvalue weighted by Crippen LogP contribution is 2.14. The molecule has 0 radical (unpaired) electrons. The van der Waals surface area contributed by atoms with Crippen LogP contribution in [0.25, 0.3) is 0 Å². The van der Waals surface area contributed by atoms with Gasteiger partial charge in [0.05, 0.1) is 5.75 Å². The van der Waals surface area contributed by atoms with Crippen molar-refractivity contribution >= 4 is 17.7 Å². The zero-order valence-electron chi connectivity index (χ0n) is 13.1. The normalized spacial score (nSPS) is 10.9. The molecule has 0 aliphatic heterocycles. The second-order valence-corrected chi connectivity index (χ2v) is 6.47. The molecule has 1 amide bonds. The van der Waals surface area contributed by atoms with E-state index in [9.17, 15) is 4.79 Å². The summed E-state index contributed by atoms with van der Waals surface area (Å²) in [5, 5.41) is 15.2. The summed E-state index contributed by atoms with van der Waals surface area (Å²) in [6.45, 7) is 7.54. The van der Waals surface area contributed by atoms with Gasteiger partial charge in [-0.15, -0.1) is 5.10 Å². The molecule has 0 unspecified atom stereocenters. The van der Waals surface area contributed by atoms with E-state index in [4.69, 9.17) is 0 Å². The molecular formula is C15H21N5OS. The summed E-state index contributed by atoms with van der Waals surface area (Å²) in [6.07, 6.45) is 0. The van der Waals surface area contributed by atoms with Crippen molar-refractivity contribution in [3.63, 3.8) is 0 Å². The molecule has 0 aliphatic rings. The lowest BCUT2D eigenvalue weighted by Crippen LogP contribution is -2.25. The van der Waals surface area contributed by atoms with E-state index in [1.807, 2.05) is 31.2 Å². The smallest absolute Gasteiger partial charge is 0.230 e. The van der Waals surface area contributed by atoms with Crippen molar-refractivity contribution in [3.05, 3.63) is 35.4 Å². The molecule has 1 aromatic carbocycles. The van der Waals surface area contributed by atoms with Gasteiger partial charge in [-0.25, -0.2) is 4.68 Å². The number of amides is 1. The molecule has 0 bridgehead atoms. The molecule has 0 atom stereocenters. The standard InChI is InChI=1S/C15H21N5OS/c1-11(2)9-20-15(17-18-19-20)22-10-14(21)16-8-13-7-5-4-6-12(13)3/h4-7,11H,8-10H2,1-3H3,(H,16,21). The Bertz CT molecular complexity index is 626. The number of carbonyl (C=O) groups excluding carboxylic acids is 1. The Morgan fingerprint density at radius 2 is 2.14 bits per heavy atom. The number of tetrazole rings is 1. The van der Waals surface area contributed by atoms with Gasteiger partial charge < -0.3 is 5.32 Å². The van der Waals surface area contributed by atoms with Crippen LogP contribution in [-0.4, -0.2) is 31.9 Å². The molecule has 1 N–H and O–H groups in total. The largest absolute Gasteiger partial charge is 0.351 e. The average Bonchev–Trinajstić information content (AvgIpc) is 2.90. The lowest BCUT2D eigenvalue weighted by molar-refractivity contribution is -0.118. The highest BCUT2D eigenvalue weighted by Gasteiger charge is 2.11. The molecule has 0 spiro atoms. The Hall–Kier alpha value is -1.89. The lowest BCUT2D eigenvalue weighted by atomic mass is 10.1. The molecule has 7 heteroatoms. The van der Waals surface area contributed by atoms with E-state index >= 15 is 0 Å². The van der Waals surface area contributed by atoms with Crippen molar-refractivity contribution in [2.45, 2.75) is 39.0 Å². The fourth-order valence-electron chi connectivity index (χ4n) is 1.94. The van der Waals surface area contributed by atoms with Crippen LogP contribution in [0, 0.1) is 12.8 Å². The third kappa shape index (κ3) is 4.84. The van der Waals surface area contributed by atoms with Gasteiger partial charge in [0.25, 0.3) is 0 Å². The van der Waals surface area contributed by atoms with Crippen LogP contribution in [0.5, 0.6) is 0 Å². The number of benzene rings is 1. The first-order chi connectivity index (χ1) is 10.6. The van der Waals surface area contributed by atoms with E-state index in [0.717, 1.165) is 12.1 Å². The lowest BCUT2D eigenvalue weighted by Gasteiger charge is -2.08. The van der Waals surface area contributed by atoms with Gasteiger partial charge in [0.1, 0.15) is 0 Å². The second-order valence-electron chi connectivity index (χ2n) is 5.53. The highest BCUT2D eigenvalue weighted by atomic mass is 32.2. The maximum Gasteiger partial charge on any atom is 0.230 e. The van der Waals surface area contributed by atoms with Gasteiger partial charge >= 0.3 is 0 Å². The van der Waals surface area contributed by atoms with Gasteiger partial charge in [0.2, 0.25) is 11.1 Å². The molecule has 0 saturated heterocycles.